The zero-order valence-corrected chi connectivity index (χ0v) is 20.3. The van der Waals surface area contributed by atoms with Crippen LogP contribution in [0.2, 0.25) is 0 Å². The van der Waals surface area contributed by atoms with Crippen molar-refractivity contribution >= 4 is 21.8 Å². The average molecular weight is 494 g/mol. The van der Waals surface area contributed by atoms with E-state index in [1.54, 1.807) is 7.11 Å². The van der Waals surface area contributed by atoms with E-state index in [0.717, 1.165) is 34.3 Å². The fourth-order valence-electron chi connectivity index (χ4n) is 4.25. The van der Waals surface area contributed by atoms with Gasteiger partial charge in [-0.25, -0.2) is 4.98 Å². The molecule has 4 rings (SSSR count). The summed E-state index contributed by atoms with van der Waals surface area (Å²) in [6, 6.07) is 17.0. The number of hydrogen-bond donors (Lipinski definition) is 2. The predicted molar refractivity (Wildman–Crippen MR) is 132 cm³/mol. The number of nitrogens with one attached hydrogen (secondary N) is 2. The highest BCUT2D eigenvalue weighted by atomic mass is 79.9. The predicted octanol–water partition coefficient (Wildman–Crippen LogP) is 5.17. The molecule has 1 fully saturated rings. The number of carbonyl (C=O) groups is 1. The number of benzene rings is 2. The molecule has 2 heterocycles. The standard InChI is InChI=1S/C26H28BrN3O2/c1-16-20(21-7-5-9-23(27)17(21)2)6-4-8-22(16)24-12-10-18(26(30-24)32-3)14-28-15-19-11-13-25(31)29-19/h4-10,12,19,28H,11,13-15H2,1-3H3,(H,29,31)/t19-/m0/s1. The average Bonchev–Trinajstić information content (AvgIpc) is 3.21. The molecule has 0 radical (unpaired) electrons. The highest BCUT2D eigenvalue weighted by Crippen LogP contribution is 2.35. The number of amides is 1. The van der Waals surface area contributed by atoms with Crippen LogP contribution in [0.4, 0.5) is 0 Å². The maximum atomic E-state index is 11.4. The van der Waals surface area contributed by atoms with Crippen LogP contribution in [0, 0.1) is 13.8 Å². The van der Waals surface area contributed by atoms with Crippen molar-refractivity contribution < 1.29 is 9.53 Å². The lowest BCUT2D eigenvalue weighted by atomic mass is 9.92. The van der Waals surface area contributed by atoms with E-state index >= 15 is 0 Å². The van der Waals surface area contributed by atoms with Crippen molar-refractivity contribution in [1.82, 2.24) is 15.6 Å². The monoisotopic (exact) mass is 493 g/mol. The fourth-order valence-corrected chi connectivity index (χ4v) is 4.61. The second-order valence-corrected chi connectivity index (χ2v) is 9.04. The van der Waals surface area contributed by atoms with Crippen LogP contribution in [0.3, 0.4) is 0 Å². The molecule has 0 saturated carbocycles. The van der Waals surface area contributed by atoms with Gasteiger partial charge >= 0.3 is 0 Å². The second-order valence-electron chi connectivity index (χ2n) is 8.19. The van der Waals surface area contributed by atoms with E-state index < -0.39 is 0 Å². The SMILES string of the molecule is COc1nc(-c2cccc(-c3cccc(Br)c3C)c2C)ccc1CNC[C@@H]1CCC(=O)N1. The Kier molecular flexibility index (Phi) is 6.92. The summed E-state index contributed by atoms with van der Waals surface area (Å²) in [5.41, 5.74) is 7.80. The summed E-state index contributed by atoms with van der Waals surface area (Å²) in [6.07, 6.45) is 1.50. The second kappa shape index (κ2) is 9.84. The van der Waals surface area contributed by atoms with Gasteiger partial charge in [0.05, 0.1) is 12.8 Å². The molecule has 0 aliphatic carbocycles. The number of rotatable bonds is 7. The third kappa shape index (κ3) is 4.71. The van der Waals surface area contributed by atoms with Gasteiger partial charge in [0.25, 0.3) is 0 Å². The van der Waals surface area contributed by atoms with Gasteiger partial charge in [0.2, 0.25) is 11.8 Å². The topological polar surface area (TPSA) is 63.2 Å². The molecule has 166 valence electrons. The number of ether oxygens (including phenoxy) is 1. The molecule has 2 aromatic carbocycles. The molecule has 6 heteroatoms. The first-order chi connectivity index (χ1) is 15.5. The van der Waals surface area contributed by atoms with Crippen molar-refractivity contribution in [1.29, 1.82) is 0 Å². The van der Waals surface area contributed by atoms with Gasteiger partial charge in [-0.2, -0.15) is 0 Å². The van der Waals surface area contributed by atoms with E-state index in [1.165, 1.54) is 22.3 Å². The molecular formula is C26H28BrN3O2. The zero-order valence-electron chi connectivity index (χ0n) is 18.7. The molecule has 0 unspecified atom stereocenters. The van der Waals surface area contributed by atoms with Gasteiger partial charge in [-0.3, -0.25) is 4.79 Å². The first-order valence-electron chi connectivity index (χ1n) is 10.9. The van der Waals surface area contributed by atoms with Gasteiger partial charge in [-0.1, -0.05) is 52.3 Å². The summed E-state index contributed by atoms with van der Waals surface area (Å²) < 4.78 is 6.71. The summed E-state index contributed by atoms with van der Waals surface area (Å²) in [6.45, 7) is 5.65. The highest BCUT2D eigenvalue weighted by Gasteiger charge is 2.20. The number of hydrogen-bond acceptors (Lipinski definition) is 4. The molecule has 5 nitrogen and oxygen atoms in total. The molecule has 0 spiro atoms. The molecule has 0 bridgehead atoms. The third-order valence-corrected chi connectivity index (χ3v) is 6.95. The molecule has 1 saturated heterocycles. The number of aromatic nitrogens is 1. The summed E-state index contributed by atoms with van der Waals surface area (Å²) in [5, 5.41) is 6.39. The van der Waals surface area contributed by atoms with E-state index in [4.69, 9.17) is 9.72 Å². The normalized spacial score (nSPS) is 15.6. The third-order valence-electron chi connectivity index (χ3n) is 6.09. The number of carbonyl (C=O) groups excluding carboxylic acids is 1. The minimum absolute atomic E-state index is 0.135. The molecule has 1 aliphatic heterocycles. The van der Waals surface area contributed by atoms with Gasteiger partial charge < -0.3 is 15.4 Å². The first-order valence-corrected chi connectivity index (χ1v) is 11.7. The smallest absolute Gasteiger partial charge is 0.220 e. The Morgan fingerprint density at radius 2 is 1.78 bits per heavy atom. The summed E-state index contributed by atoms with van der Waals surface area (Å²) in [5.74, 6) is 0.755. The highest BCUT2D eigenvalue weighted by molar-refractivity contribution is 9.10. The Morgan fingerprint density at radius 3 is 2.50 bits per heavy atom. The molecule has 32 heavy (non-hydrogen) atoms. The van der Waals surface area contributed by atoms with Crippen molar-refractivity contribution in [3.63, 3.8) is 0 Å². The summed E-state index contributed by atoms with van der Waals surface area (Å²) in [4.78, 5) is 16.2. The largest absolute Gasteiger partial charge is 0.481 e. The lowest BCUT2D eigenvalue weighted by molar-refractivity contribution is -0.119. The van der Waals surface area contributed by atoms with Crippen molar-refractivity contribution in [3.05, 3.63) is 69.7 Å². The molecule has 1 aliphatic rings. The Balaban J connectivity index is 1.57. The van der Waals surface area contributed by atoms with Crippen LogP contribution >= 0.6 is 15.9 Å². The van der Waals surface area contributed by atoms with Crippen molar-refractivity contribution in [2.24, 2.45) is 0 Å². The van der Waals surface area contributed by atoms with Crippen LogP contribution in [0.5, 0.6) is 5.88 Å². The van der Waals surface area contributed by atoms with Gasteiger partial charge in [0.15, 0.2) is 0 Å². The van der Waals surface area contributed by atoms with Crippen molar-refractivity contribution in [3.8, 4) is 28.3 Å². The van der Waals surface area contributed by atoms with E-state index in [0.29, 0.717) is 18.8 Å². The van der Waals surface area contributed by atoms with Gasteiger partial charge in [0, 0.05) is 41.2 Å². The maximum Gasteiger partial charge on any atom is 0.220 e. The number of methoxy groups -OCH3 is 1. The lowest BCUT2D eigenvalue weighted by Gasteiger charge is -2.16. The van der Waals surface area contributed by atoms with Crippen LogP contribution in [0.25, 0.3) is 22.4 Å². The van der Waals surface area contributed by atoms with Gasteiger partial charge in [-0.15, -0.1) is 0 Å². The van der Waals surface area contributed by atoms with Crippen LogP contribution in [0.1, 0.15) is 29.5 Å². The first kappa shape index (κ1) is 22.5. The molecule has 1 atom stereocenters. The van der Waals surface area contributed by atoms with Crippen molar-refractivity contribution in [2.45, 2.75) is 39.3 Å². The molecule has 1 amide bonds. The Hall–Kier alpha value is -2.70. The van der Waals surface area contributed by atoms with Gasteiger partial charge in [-0.05, 0) is 54.7 Å². The quantitative estimate of drug-likeness (QED) is 0.476. The zero-order chi connectivity index (χ0) is 22.7. The van der Waals surface area contributed by atoms with E-state index in [1.807, 2.05) is 0 Å². The van der Waals surface area contributed by atoms with Crippen LogP contribution < -0.4 is 15.4 Å². The van der Waals surface area contributed by atoms with E-state index in [-0.39, 0.29) is 11.9 Å². The number of pyridine rings is 1. The molecule has 1 aromatic heterocycles. The number of halogens is 1. The van der Waals surface area contributed by atoms with E-state index in [2.05, 4.69) is 88.9 Å². The summed E-state index contributed by atoms with van der Waals surface area (Å²) in [7, 11) is 1.65. The lowest BCUT2D eigenvalue weighted by Crippen LogP contribution is -2.35. The van der Waals surface area contributed by atoms with E-state index in [9.17, 15) is 4.79 Å². The Bertz CT molecular complexity index is 1150. The minimum atomic E-state index is 0.135. The maximum absolute atomic E-state index is 11.4. The molecule has 3 aromatic rings. The Labute approximate surface area is 197 Å². The Morgan fingerprint density at radius 1 is 1.06 bits per heavy atom. The van der Waals surface area contributed by atoms with Crippen LogP contribution in [-0.2, 0) is 11.3 Å². The van der Waals surface area contributed by atoms with Crippen LogP contribution in [0.15, 0.2) is 53.0 Å². The number of nitrogens with zero attached hydrogens (tertiary/aromatic N) is 1. The van der Waals surface area contributed by atoms with Crippen molar-refractivity contribution in [2.75, 3.05) is 13.7 Å². The van der Waals surface area contributed by atoms with Crippen LogP contribution in [-0.4, -0.2) is 30.6 Å². The molecular weight excluding hydrogens is 466 g/mol. The minimum Gasteiger partial charge on any atom is -0.481 e. The molecule has 2 N–H and O–H groups in total. The summed E-state index contributed by atoms with van der Waals surface area (Å²) >= 11 is 3.65. The van der Waals surface area contributed by atoms with Gasteiger partial charge in [0.1, 0.15) is 0 Å². The fraction of sp³-hybridized carbons (Fsp3) is 0.308.